The first-order chi connectivity index (χ1) is 11.9. The van der Waals surface area contributed by atoms with Crippen molar-refractivity contribution in [2.75, 3.05) is 25.5 Å². The molecule has 7 nitrogen and oxygen atoms in total. The molecule has 1 aromatic carbocycles. The molecule has 1 aliphatic rings. The van der Waals surface area contributed by atoms with Crippen molar-refractivity contribution in [1.82, 2.24) is 15.5 Å². The molecule has 0 saturated carbocycles. The van der Waals surface area contributed by atoms with Crippen LogP contribution in [0.1, 0.15) is 42.1 Å². The van der Waals surface area contributed by atoms with E-state index in [0.717, 1.165) is 30.6 Å². The van der Waals surface area contributed by atoms with Gasteiger partial charge < -0.3 is 15.5 Å². The van der Waals surface area contributed by atoms with Crippen LogP contribution in [-0.4, -0.2) is 48.9 Å². The Hall–Kier alpha value is -2.57. The summed E-state index contributed by atoms with van der Waals surface area (Å²) in [6.07, 6.45) is 3.27. The lowest BCUT2D eigenvalue weighted by Crippen LogP contribution is -2.42. The summed E-state index contributed by atoms with van der Waals surface area (Å²) < 4.78 is 0. The minimum atomic E-state index is -0.542. The van der Waals surface area contributed by atoms with Crippen LogP contribution in [0.5, 0.6) is 0 Å². The van der Waals surface area contributed by atoms with Gasteiger partial charge in [0.1, 0.15) is 0 Å². The zero-order chi connectivity index (χ0) is 18.4. The van der Waals surface area contributed by atoms with E-state index in [-0.39, 0.29) is 18.5 Å². The van der Waals surface area contributed by atoms with Crippen molar-refractivity contribution in [2.24, 2.45) is 0 Å². The van der Waals surface area contributed by atoms with Crippen LogP contribution in [0.3, 0.4) is 0 Å². The number of aryl methyl sites for hydroxylation is 1. The zero-order valence-corrected chi connectivity index (χ0v) is 15.0. The van der Waals surface area contributed by atoms with Gasteiger partial charge in [0, 0.05) is 30.9 Å². The van der Waals surface area contributed by atoms with Gasteiger partial charge in [-0.1, -0.05) is 0 Å². The predicted molar refractivity (Wildman–Crippen MR) is 96.6 cm³/mol. The fourth-order valence-electron chi connectivity index (χ4n) is 2.97. The summed E-state index contributed by atoms with van der Waals surface area (Å²) in [6, 6.07) is 5.13. The van der Waals surface area contributed by atoms with E-state index >= 15 is 0 Å². The molecule has 1 fully saturated rings. The lowest BCUT2D eigenvalue weighted by molar-refractivity contribution is -0.118. The fraction of sp³-hybridized carbons (Fsp3) is 0.500. The first-order valence-corrected chi connectivity index (χ1v) is 8.59. The number of piperidine rings is 1. The van der Waals surface area contributed by atoms with Crippen molar-refractivity contribution >= 4 is 23.5 Å². The summed E-state index contributed by atoms with van der Waals surface area (Å²) in [5, 5.41) is 7.48. The van der Waals surface area contributed by atoms with E-state index in [9.17, 15) is 14.4 Å². The Balaban J connectivity index is 1.99. The van der Waals surface area contributed by atoms with Gasteiger partial charge in [-0.15, -0.1) is 0 Å². The first kappa shape index (κ1) is 18.8. The Kier molecular flexibility index (Phi) is 6.38. The van der Waals surface area contributed by atoms with Gasteiger partial charge in [-0.25, -0.2) is 4.79 Å². The number of nitrogens with one attached hydrogen (secondary N) is 3. The highest BCUT2D eigenvalue weighted by Crippen LogP contribution is 2.22. The summed E-state index contributed by atoms with van der Waals surface area (Å²) in [5.74, 6) is -0.375. The van der Waals surface area contributed by atoms with E-state index in [1.807, 2.05) is 17.9 Å². The molecule has 0 bridgehead atoms. The molecule has 0 aromatic heterocycles. The third-order valence-electron chi connectivity index (χ3n) is 4.46. The van der Waals surface area contributed by atoms with Crippen LogP contribution in [-0.2, 0) is 4.79 Å². The van der Waals surface area contributed by atoms with Gasteiger partial charge in [0.15, 0.2) is 0 Å². The van der Waals surface area contributed by atoms with Gasteiger partial charge in [-0.3, -0.25) is 14.9 Å². The Morgan fingerprint density at radius 1 is 1.24 bits per heavy atom. The van der Waals surface area contributed by atoms with E-state index < -0.39 is 11.9 Å². The Bertz CT molecular complexity index is 660. The number of anilines is 1. The number of urea groups is 1. The zero-order valence-electron chi connectivity index (χ0n) is 15.0. The highest BCUT2D eigenvalue weighted by Gasteiger charge is 2.24. The van der Waals surface area contributed by atoms with Gasteiger partial charge in [0.05, 0.1) is 6.54 Å². The standard InChI is InChI=1S/C18H26N4O3/c1-12-10-14(17(24)22-9-5-4-6-13(22)2)7-8-15(12)20-11-16(23)21-18(25)19-3/h7-8,10,13,20H,4-6,9,11H2,1-3H3,(H2,19,21,23,25)/t13-/m1/s1. The second kappa shape index (κ2) is 8.50. The summed E-state index contributed by atoms with van der Waals surface area (Å²) >= 11 is 0. The summed E-state index contributed by atoms with van der Waals surface area (Å²) in [7, 11) is 1.44. The molecule has 2 rings (SSSR count). The molecule has 1 atom stereocenters. The predicted octanol–water partition coefficient (Wildman–Crippen LogP) is 1.88. The number of hydrogen-bond donors (Lipinski definition) is 3. The van der Waals surface area contributed by atoms with Gasteiger partial charge >= 0.3 is 6.03 Å². The monoisotopic (exact) mass is 346 g/mol. The molecule has 4 amide bonds. The van der Waals surface area contributed by atoms with Gasteiger partial charge in [-0.2, -0.15) is 0 Å². The van der Waals surface area contributed by atoms with E-state index in [1.54, 1.807) is 12.1 Å². The molecule has 0 unspecified atom stereocenters. The number of nitrogens with zero attached hydrogens (tertiary/aromatic N) is 1. The van der Waals surface area contributed by atoms with E-state index in [1.165, 1.54) is 13.5 Å². The highest BCUT2D eigenvalue weighted by molar-refractivity contribution is 5.97. The Morgan fingerprint density at radius 2 is 2.00 bits per heavy atom. The second-order valence-electron chi connectivity index (χ2n) is 6.35. The van der Waals surface area contributed by atoms with Crippen LogP contribution in [0.2, 0.25) is 0 Å². The SMILES string of the molecule is CNC(=O)NC(=O)CNc1ccc(C(=O)N2CCCC[C@H]2C)cc1C. The largest absolute Gasteiger partial charge is 0.376 e. The number of carbonyl (C=O) groups excluding carboxylic acids is 3. The van der Waals surface area contributed by atoms with Crippen LogP contribution < -0.4 is 16.0 Å². The quantitative estimate of drug-likeness (QED) is 0.776. The van der Waals surface area contributed by atoms with E-state index in [2.05, 4.69) is 22.9 Å². The average Bonchev–Trinajstić information content (AvgIpc) is 2.60. The highest BCUT2D eigenvalue weighted by atomic mass is 16.2. The summed E-state index contributed by atoms with van der Waals surface area (Å²) in [4.78, 5) is 37.3. The molecular weight excluding hydrogens is 320 g/mol. The normalized spacial score (nSPS) is 16.9. The molecule has 0 spiro atoms. The minimum Gasteiger partial charge on any atom is -0.376 e. The lowest BCUT2D eigenvalue weighted by Gasteiger charge is -2.33. The maximum Gasteiger partial charge on any atom is 0.321 e. The van der Waals surface area contributed by atoms with Crippen LogP contribution in [0.15, 0.2) is 18.2 Å². The molecule has 1 heterocycles. The number of hydrogen-bond acceptors (Lipinski definition) is 4. The number of carbonyl (C=O) groups is 3. The Morgan fingerprint density at radius 3 is 2.64 bits per heavy atom. The van der Waals surface area contributed by atoms with Crippen molar-refractivity contribution in [3.63, 3.8) is 0 Å². The average molecular weight is 346 g/mol. The maximum absolute atomic E-state index is 12.7. The molecule has 0 radical (unpaired) electrons. The van der Waals surface area contributed by atoms with Crippen molar-refractivity contribution in [2.45, 2.75) is 39.2 Å². The van der Waals surface area contributed by atoms with Crippen molar-refractivity contribution in [3.8, 4) is 0 Å². The molecule has 25 heavy (non-hydrogen) atoms. The van der Waals surface area contributed by atoms with Crippen molar-refractivity contribution in [1.29, 1.82) is 0 Å². The van der Waals surface area contributed by atoms with Gasteiger partial charge in [0.2, 0.25) is 5.91 Å². The van der Waals surface area contributed by atoms with E-state index in [0.29, 0.717) is 5.56 Å². The topological polar surface area (TPSA) is 90.5 Å². The van der Waals surface area contributed by atoms with Crippen LogP contribution in [0.4, 0.5) is 10.5 Å². The molecule has 3 N–H and O–H groups in total. The smallest absolute Gasteiger partial charge is 0.321 e. The number of amides is 4. The van der Waals surface area contributed by atoms with Gasteiger partial charge in [0.25, 0.3) is 5.91 Å². The second-order valence-corrected chi connectivity index (χ2v) is 6.35. The first-order valence-electron chi connectivity index (χ1n) is 8.59. The lowest BCUT2D eigenvalue weighted by atomic mass is 10.0. The minimum absolute atomic E-state index is 0.0231. The van der Waals surface area contributed by atoms with Crippen LogP contribution >= 0.6 is 0 Å². The molecule has 1 saturated heterocycles. The Labute approximate surface area is 148 Å². The molecule has 0 aliphatic carbocycles. The van der Waals surface area contributed by atoms with Crippen LogP contribution in [0.25, 0.3) is 0 Å². The number of rotatable bonds is 4. The van der Waals surface area contributed by atoms with Crippen molar-refractivity contribution in [3.05, 3.63) is 29.3 Å². The molecule has 1 aromatic rings. The molecule has 136 valence electrons. The fourth-order valence-corrected chi connectivity index (χ4v) is 2.97. The number of imide groups is 1. The summed E-state index contributed by atoms with van der Waals surface area (Å²) in [5.41, 5.74) is 2.30. The van der Waals surface area contributed by atoms with Crippen LogP contribution in [0, 0.1) is 6.92 Å². The van der Waals surface area contributed by atoms with Crippen molar-refractivity contribution < 1.29 is 14.4 Å². The number of benzene rings is 1. The third-order valence-corrected chi connectivity index (χ3v) is 4.46. The molecule has 1 aliphatic heterocycles. The molecular formula is C18H26N4O3. The summed E-state index contributed by atoms with van der Waals surface area (Å²) in [6.45, 7) is 4.75. The number of likely N-dealkylation sites (tertiary alicyclic amines) is 1. The maximum atomic E-state index is 12.7. The molecule has 7 heteroatoms. The van der Waals surface area contributed by atoms with Gasteiger partial charge in [-0.05, 0) is 56.9 Å². The van der Waals surface area contributed by atoms with E-state index in [4.69, 9.17) is 0 Å². The third kappa shape index (κ3) is 4.95.